The van der Waals surface area contributed by atoms with E-state index in [-0.39, 0.29) is 17.5 Å². The van der Waals surface area contributed by atoms with Gasteiger partial charge in [0.15, 0.2) is 0 Å². The maximum Gasteiger partial charge on any atom is 0.261 e. The third-order valence-electron chi connectivity index (χ3n) is 3.67. The highest BCUT2D eigenvalue weighted by molar-refractivity contribution is 5.78. The van der Waals surface area contributed by atoms with E-state index in [4.69, 9.17) is 0 Å². The lowest BCUT2D eigenvalue weighted by Gasteiger charge is -2.25. The first-order valence-electron chi connectivity index (χ1n) is 6.68. The molecule has 0 N–H and O–H groups in total. The average Bonchev–Trinajstić information content (AvgIpc) is 2.48. The number of hydrogen-bond acceptors (Lipinski definition) is 3. The quantitative estimate of drug-likeness (QED) is 0.857. The average molecular weight is 273 g/mol. The molecule has 0 aliphatic carbocycles. The molecule has 2 rings (SSSR count). The number of fused-ring (bicyclic) bond motifs is 1. The van der Waals surface area contributed by atoms with E-state index < -0.39 is 0 Å². The van der Waals surface area contributed by atoms with Gasteiger partial charge in [-0.25, -0.2) is 4.98 Å². The molecule has 0 saturated carbocycles. The molecule has 1 aromatic carbocycles. The van der Waals surface area contributed by atoms with Crippen molar-refractivity contribution in [1.82, 2.24) is 14.5 Å². The number of amides is 1. The molecule has 0 bridgehead atoms. The van der Waals surface area contributed by atoms with Gasteiger partial charge in [0.05, 0.1) is 16.9 Å². The molecule has 0 aliphatic rings. The molecule has 1 amide bonds. The summed E-state index contributed by atoms with van der Waals surface area (Å²) < 4.78 is 1.52. The summed E-state index contributed by atoms with van der Waals surface area (Å²) in [6.07, 6.45) is 0.433. The van der Waals surface area contributed by atoms with E-state index in [2.05, 4.69) is 4.98 Å². The van der Waals surface area contributed by atoms with Crippen LogP contribution < -0.4 is 5.56 Å². The van der Waals surface area contributed by atoms with Crippen LogP contribution in [0.5, 0.6) is 0 Å². The molecular formula is C15H19N3O2. The van der Waals surface area contributed by atoms with Crippen LogP contribution in [0.3, 0.4) is 0 Å². The standard InChI is InChI=1S/C15H19N3O2/c1-5-13(19)17(3)10(2)14-16-12-9-7-6-8-11(12)15(20)18(14)4/h6-10H,5H2,1-4H3. The van der Waals surface area contributed by atoms with Crippen molar-refractivity contribution in [2.45, 2.75) is 26.3 Å². The zero-order valence-electron chi connectivity index (χ0n) is 12.3. The lowest BCUT2D eigenvalue weighted by molar-refractivity contribution is -0.131. The van der Waals surface area contributed by atoms with Gasteiger partial charge in [-0.2, -0.15) is 0 Å². The Hall–Kier alpha value is -2.17. The molecule has 0 fully saturated rings. The van der Waals surface area contributed by atoms with Crippen LogP contribution in [-0.4, -0.2) is 27.4 Å². The summed E-state index contributed by atoms with van der Waals surface area (Å²) in [6.45, 7) is 3.70. The van der Waals surface area contributed by atoms with Gasteiger partial charge in [0.25, 0.3) is 5.56 Å². The SMILES string of the molecule is CCC(=O)N(C)C(C)c1nc2ccccc2c(=O)n1C. The summed E-state index contributed by atoms with van der Waals surface area (Å²) in [5.41, 5.74) is 0.574. The maximum atomic E-state index is 12.3. The number of para-hydroxylation sites is 1. The number of carbonyl (C=O) groups excluding carboxylic acids is 1. The van der Waals surface area contributed by atoms with Crippen molar-refractivity contribution in [1.29, 1.82) is 0 Å². The number of rotatable bonds is 3. The molecule has 0 aliphatic heterocycles. The molecule has 5 nitrogen and oxygen atoms in total. The summed E-state index contributed by atoms with van der Waals surface area (Å²) >= 11 is 0. The minimum Gasteiger partial charge on any atom is -0.336 e. The zero-order valence-corrected chi connectivity index (χ0v) is 12.3. The highest BCUT2D eigenvalue weighted by Gasteiger charge is 2.20. The predicted octanol–water partition coefficient (Wildman–Crippen LogP) is 1.86. The number of carbonyl (C=O) groups is 1. The van der Waals surface area contributed by atoms with E-state index in [9.17, 15) is 9.59 Å². The van der Waals surface area contributed by atoms with Gasteiger partial charge in [0.2, 0.25) is 5.91 Å². The van der Waals surface area contributed by atoms with Gasteiger partial charge in [-0.05, 0) is 19.1 Å². The first-order chi connectivity index (χ1) is 9.47. The lowest BCUT2D eigenvalue weighted by atomic mass is 10.2. The second-order valence-electron chi connectivity index (χ2n) is 4.89. The molecule has 106 valence electrons. The Morgan fingerprint density at radius 3 is 2.70 bits per heavy atom. The fourth-order valence-corrected chi connectivity index (χ4v) is 2.25. The van der Waals surface area contributed by atoms with Crippen molar-refractivity contribution in [2.75, 3.05) is 7.05 Å². The maximum absolute atomic E-state index is 12.3. The number of hydrogen-bond donors (Lipinski definition) is 0. The largest absolute Gasteiger partial charge is 0.336 e. The van der Waals surface area contributed by atoms with Gasteiger partial charge in [0.1, 0.15) is 5.82 Å². The normalized spacial score (nSPS) is 12.4. The van der Waals surface area contributed by atoms with Crippen LogP contribution in [0.25, 0.3) is 10.9 Å². The van der Waals surface area contributed by atoms with Gasteiger partial charge in [-0.1, -0.05) is 19.1 Å². The summed E-state index contributed by atoms with van der Waals surface area (Å²) in [4.78, 5) is 30.3. The number of benzene rings is 1. The Kier molecular flexibility index (Phi) is 3.88. The first kappa shape index (κ1) is 14.2. The third kappa shape index (κ3) is 2.31. The molecule has 2 aromatic rings. The second kappa shape index (κ2) is 5.45. The zero-order chi connectivity index (χ0) is 14.9. The van der Waals surface area contributed by atoms with Crippen LogP contribution in [0.4, 0.5) is 0 Å². The molecule has 1 heterocycles. The molecule has 0 radical (unpaired) electrons. The molecule has 1 aromatic heterocycles. The molecule has 1 atom stereocenters. The topological polar surface area (TPSA) is 55.2 Å². The molecule has 20 heavy (non-hydrogen) atoms. The van der Waals surface area contributed by atoms with Gasteiger partial charge in [0, 0.05) is 20.5 Å². The van der Waals surface area contributed by atoms with Crippen LogP contribution >= 0.6 is 0 Å². The van der Waals surface area contributed by atoms with E-state index >= 15 is 0 Å². The van der Waals surface area contributed by atoms with Crippen molar-refractivity contribution in [3.05, 3.63) is 40.4 Å². The van der Waals surface area contributed by atoms with Crippen LogP contribution in [-0.2, 0) is 11.8 Å². The van der Waals surface area contributed by atoms with Gasteiger partial charge in [-0.15, -0.1) is 0 Å². The smallest absolute Gasteiger partial charge is 0.261 e. The van der Waals surface area contributed by atoms with E-state index in [1.807, 2.05) is 32.0 Å². The van der Waals surface area contributed by atoms with Crippen LogP contribution in [0.2, 0.25) is 0 Å². The van der Waals surface area contributed by atoms with Gasteiger partial charge >= 0.3 is 0 Å². The minimum atomic E-state index is -0.246. The van der Waals surface area contributed by atoms with Gasteiger partial charge < -0.3 is 4.90 Å². The summed E-state index contributed by atoms with van der Waals surface area (Å²) in [6, 6.07) is 7.00. The summed E-state index contributed by atoms with van der Waals surface area (Å²) in [5.74, 6) is 0.623. The fourth-order valence-electron chi connectivity index (χ4n) is 2.25. The highest BCUT2D eigenvalue weighted by atomic mass is 16.2. The lowest BCUT2D eigenvalue weighted by Crippen LogP contribution is -2.34. The van der Waals surface area contributed by atoms with Crippen molar-refractivity contribution in [3.8, 4) is 0 Å². The number of aromatic nitrogens is 2. The summed E-state index contributed by atoms with van der Waals surface area (Å²) in [7, 11) is 3.43. The fraction of sp³-hybridized carbons (Fsp3) is 0.400. The number of nitrogens with zero attached hydrogens (tertiary/aromatic N) is 3. The van der Waals surface area contributed by atoms with E-state index in [1.54, 1.807) is 25.1 Å². The van der Waals surface area contributed by atoms with Crippen LogP contribution in [0.1, 0.15) is 32.1 Å². The Balaban J connectivity index is 2.57. The monoisotopic (exact) mass is 273 g/mol. The van der Waals surface area contributed by atoms with Crippen LogP contribution in [0, 0.1) is 0 Å². The second-order valence-corrected chi connectivity index (χ2v) is 4.89. The van der Waals surface area contributed by atoms with Crippen molar-refractivity contribution in [2.24, 2.45) is 7.05 Å². The Bertz CT molecular complexity index is 706. The molecule has 0 saturated heterocycles. The molecular weight excluding hydrogens is 254 g/mol. The summed E-state index contributed by atoms with van der Waals surface area (Å²) in [5, 5.41) is 0.593. The van der Waals surface area contributed by atoms with Crippen molar-refractivity contribution < 1.29 is 4.79 Å². The van der Waals surface area contributed by atoms with E-state index in [0.717, 1.165) is 0 Å². The van der Waals surface area contributed by atoms with Crippen molar-refractivity contribution >= 4 is 16.8 Å². The predicted molar refractivity (Wildman–Crippen MR) is 78.5 cm³/mol. The Morgan fingerprint density at radius 2 is 2.05 bits per heavy atom. The first-order valence-corrected chi connectivity index (χ1v) is 6.68. The Labute approximate surface area is 117 Å². The van der Waals surface area contributed by atoms with E-state index in [0.29, 0.717) is 23.1 Å². The van der Waals surface area contributed by atoms with Gasteiger partial charge in [-0.3, -0.25) is 14.2 Å². The van der Waals surface area contributed by atoms with Crippen molar-refractivity contribution in [3.63, 3.8) is 0 Å². The third-order valence-corrected chi connectivity index (χ3v) is 3.67. The molecule has 1 unspecified atom stereocenters. The molecule has 0 spiro atoms. The highest BCUT2D eigenvalue weighted by Crippen LogP contribution is 2.18. The minimum absolute atomic E-state index is 0.0277. The van der Waals surface area contributed by atoms with Crippen LogP contribution in [0.15, 0.2) is 29.1 Å². The molecule has 5 heteroatoms. The van der Waals surface area contributed by atoms with E-state index in [1.165, 1.54) is 4.57 Å². The Morgan fingerprint density at radius 1 is 1.40 bits per heavy atom.